The molecule has 0 unspecified atom stereocenters. The van der Waals surface area contributed by atoms with E-state index >= 15 is 0 Å². The van der Waals surface area contributed by atoms with E-state index in [2.05, 4.69) is 12.2 Å². The maximum Gasteiger partial charge on any atom is 0.125 e. The SMILES string of the molecule is CC1CCC(CO)(NCc2cc(F)cc(Cl)c2)CC1. The van der Waals surface area contributed by atoms with Gasteiger partial charge in [0.15, 0.2) is 0 Å². The second-order valence-electron chi connectivity index (χ2n) is 5.75. The van der Waals surface area contributed by atoms with Gasteiger partial charge in [-0.25, -0.2) is 4.39 Å². The van der Waals surface area contributed by atoms with Crippen LogP contribution in [0.1, 0.15) is 38.2 Å². The first kappa shape index (κ1) is 14.8. The fourth-order valence-corrected chi connectivity index (χ4v) is 2.95. The Labute approximate surface area is 119 Å². The molecule has 4 heteroatoms. The van der Waals surface area contributed by atoms with Gasteiger partial charge in [0, 0.05) is 17.1 Å². The normalized spacial score (nSPS) is 27.5. The molecule has 1 aliphatic carbocycles. The van der Waals surface area contributed by atoms with Crippen LogP contribution in [0.3, 0.4) is 0 Å². The minimum Gasteiger partial charge on any atom is -0.394 e. The van der Waals surface area contributed by atoms with Crippen molar-refractivity contribution in [2.75, 3.05) is 6.61 Å². The van der Waals surface area contributed by atoms with Crippen LogP contribution in [0.5, 0.6) is 0 Å². The first-order valence-corrected chi connectivity index (χ1v) is 7.22. The van der Waals surface area contributed by atoms with Gasteiger partial charge in [-0.2, -0.15) is 0 Å². The first-order chi connectivity index (χ1) is 9.03. The Morgan fingerprint density at radius 2 is 2.05 bits per heavy atom. The van der Waals surface area contributed by atoms with Crippen molar-refractivity contribution in [3.63, 3.8) is 0 Å². The molecule has 2 nitrogen and oxygen atoms in total. The molecule has 2 N–H and O–H groups in total. The van der Waals surface area contributed by atoms with Crippen molar-refractivity contribution in [3.05, 3.63) is 34.6 Å². The molecule has 106 valence electrons. The molecule has 0 amide bonds. The molecular formula is C15H21ClFNO. The Morgan fingerprint density at radius 3 is 2.63 bits per heavy atom. The van der Waals surface area contributed by atoms with Crippen molar-refractivity contribution in [2.24, 2.45) is 5.92 Å². The fourth-order valence-electron chi connectivity index (χ4n) is 2.71. The summed E-state index contributed by atoms with van der Waals surface area (Å²) >= 11 is 5.84. The first-order valence-electron chi connectivity index (χ1n) is 6.84. The largest absolute Gasteiger partial charge is 0.394 e. The molecule has 1 saturated carbocycles. The third-order valence-corrected chi connectivity index (χ3v) is 4.34. The summed E-state index contributed by atoms with van der Waals surface area (Å²) in [7, 11) is 0. The standard InChI is InChI=1S/C15H21ClFNO/c1-11-2-4-15(10-19,5-3-11)18-9-12-6-13(16)8-14(17)7-12/h6-8,11,18-19H,2-5,9-10H2,1H3. The lowest BCUT2D eigenvalue weighted by Gasteiger charge is -2.39. The highest BCUT2D eigenvalue weighted by molar-refractivity contribution is 6.30. The van der Waals surface area contributed by atoms with Crippen LogP contribution in [-0.4, -0.2) is 17.3 Å². The fraction of sp³-hybridized carbons (Fsp3) is 0.600. The van der Waals surface area contributed by atoms with Gasteiger partial charge in [-0.1, -0.05) is 18.5 Å². The highest BCUT2D eigenvalue weighted by atomic mass is 35.5. The van der Waals surface area contributed by atoms with Crippen LogP contribution in [0.4, 0.5) is 4.39 Å². The molecule has 0 atom stereocenters. The summed E-state index contributed by atoms with van der Waals surface area (Å²) in [5.41, 5.74) is 0.599. The van der Waals surface area contributed by atoms with Crippen molar-refractivity contribution in [1.82, 2.24) is 5.32 Å². The lowest BCUT2D eigenvalue weighted by Crippen LogP contribution is -2.50. The third kappa shape index (κ3) is 3.91. The van der Waals surface area contributed by atoms with Gasteiger partial charge in [-0.15, -0.1) is 0 Å². The number of aliphatic hydroxyl groups excluding tert-OH is 1. The third-order valence-electron chi connectivity index (χ3n) is 4.12. The number of hydrogen-bond donors (Lipinski definition) is 2. The van der Waals surface area contributed by atoms with Crippen LogP contribution in [0.25, 0.3) is 0 Å². The zero-order valence-corrected chi connectivity index (χ0v) is 12.0. The Bertz CT molecular complexity index is 410. The van der Waals surface area contributed by atoms with Crippen LogP contribution in [0, 0.1) is 11.7 Å². The number of aliphatic hydroxyl groups is 1. The van der Waals surface area contributed by atoms with E-state index in [1.54, 1.807) is 6.07 Å². The molecule has 0 aromatic heterocycles. The zero-order chi connectivity index (χ0) is 13.9. The topological polar surface area (TPSA) is 32.3 Å². The molecule has 1 aromatic rings. The van der Waals surface area contributed by atoms with E-state index in [1.807, 2.05) is 0 Å². The summed E-state index contributed by atoms with van der Waals surface area (Å²) in [5.74, 6) is 0.407. The average Bonchev–Trinajstić information content (AvgIpc) is 2.38. The van der Waals surface area contributed by atoms with Gasteiger partial charge >= 0.3 is 0 Å². The predicted molar refractivity (Wildman–Crippen MR) is 75.7 cm³/mol. The van der Waals surface area contributed by atoms with E-state index in [0.717, 1.165) is 37.2 Å². The lowest BCUT2D eigenvalue weighted by molar-refractivity contribution is 0.104. The van der Waals surface area contributed by atoms with Gasteiger partial charge in [0.1, 0.15) is 5.82 Å². The van der Waals surface area contributed by atoms with E-state index < -0.39 is 0 Å². The second-order valence-corrected chi connectivity index (χ2v) is 6.19. The van der Waals surface area contributed by atoms with Crippen LogP contribution >= 0.6 is 11.6 Å². The monoisotopic (exact) mass is 285 g/mol. The van der Waals surface area contributed by atoms with E-state index in [4.69, 9.17) is 11.6 Å². The minimum absolute atomic E-state index is 0.128. The molecule has 0 bridgehead atoms. The molecule has 0 spiro atoms. The van der Waals surface area contributed by atoms with Gasteiger partial charge in [0.2, 0.25) is 0 Å². The molecule has 1 aliphatic rings. The van der Waals surface area contributed by atoms with Crippen molar-refractivity contribution < 1.29 is 9.50 Å². The maximum atomic E-state index is 13.3. The Hall–Kier alpha value is -0.640. The molecule has 0 heterocycles. The molecular weight excluding hydrogens is 265 g/mol. The zero-order valence-electron chi connectivity index (χ0n) is 11.3. The molecule has 0 radical (unpaired) electrons. The van der Waals surface area contributed by atoms with Gasteiger partial charge in [0.25, 0.3) is 0 Å². The average molecular weight is 286 g/mol. The van der Waals surface area contributed by atoms with Crippen molar-refractivity contribution in [3.8, 4) is 0 Å². The number of hydrogen-bond acceptors (Lipinski definition) is 2. The van der Waals surface area contributed by atoms with E-state index in [0.29, 0.717) is 11.6 Å². The summed E-state index contributed by atoms with van der Waals surface area (Å²) in [4.78, 5) is 0. The van der Waals surface area contributed by atoms with Crippen LogP contribution < -0.4 is 5.32 Å². The van der Waals surface area contributed by atoms with Crippen molar-refractivity contribution in [1.29, 1.82) is 0 Å². The predicted octanol–water partition coefficient (Wildman–Crippen LogP) is 3.51. The molecule has 0 saturated heterocycles. The van der Waals surface area contributed by atoms with Crippen LogP contribution in [0.2, 0.25) is 5.02 Å². The lowest BCUT2D eigenvalue weighted by atomic mass is 9.77. The number of nitrogens with one attached hydrogen (secondary N) is 1. The molecule has 19 heavy (non-hydrogen) atoms. The number of benzene rings is 1. The van der Waals surface area contributed by atoms with Crippen LogP contribution in [-0.2, 0) is 6.54 Å². The highest BCUT2D eigenvalue weighted by Crippen LogP contribution is 2.32. The van der Waals surface area contributed by atoms with Crippen molar-refractivity contribution >= 4 is 11.6 Å². The summed E-state index contributed by atoms with van der Waals surface area (Å²) in [6.07, 6.45) is 4.18. The van der Waals surface area contributed by atoms with E-state index in [1.165, 1.54) is 12.1 Å². The Kier molecular flexibility index (Phi) is 4.82. The van der Waals surface area contributed by atoms with Crippen LogP contribution in [0.15, 0.2) is 18.2 Å². The molecule has 2 rings (SSSR count). The minimum atomic E-state index is -0.320. The summed E-state index contributed by atoms with van der Waals surface area (Å²) in [6.45, 7) is 2.91. The number of rotatable bonds is 4. The summed E-state index contributed by atoms with van der Waals surface area (Å²) in [5, 5.41) is 13.5. The quantitative estimate of drug-likeness (QED) is 0.887. The van der Waals surface area contributed by atoms with Gasteiger partial charge in [0.05, 0.1) is 6.61 Å². The van der Waals surface area contributed by atoms with Gasteiger partial charge in [-0.05, 0) is 55.4 Å². The smallest absolute Gasteiger partial charge is 0.125 e. The van der Waals surface area contributed by atoms with E-state index in [9.17, 15) is 9.50 Å². The second kappa shape index (κ2) is 6.21. The summed E-state index contributed by atoms with van der Waals surface area (Å²) in [6, 6.07) is 4.54. The Morgan fingerprint density at radius 1 is 1.37 bits per heavy atom. The maximum absolute atomic E-state index is 13.3. The van der Waals surface area contributed by atoms with Gasteiger partial charge < -0.3 is 10.4 Å². The van der Waals surface area contributed by atoms with E-state index in [-0.39, 0.29) is 18.0 Å². The van der Waals surface area contributed by atoms with Gasteiger partial charge in [-0.3, -0.25) is 0 Å². The molecule has 1 aromatic carbocycles. The molecule has 1 fully saturated rings. The Balaban J connectivity index is 1.99. The highest BCUT2D eigenvalue weighted by Gasteiger charge is 2.32. The summed E-state index contributed by atoms with van der Waals surface area (Å²) < 4.78 is 13.3. The number of halogens is 2. The van der Waals surface area contributed by atoms with Crippen molar-refractivity contribution in [2.45, 2.75) is 44.7 Å². The molecule has 0 aliphatic heterocycles.